The molecule has 1 aromatic carbocycles. The van der Waals surface area contributed by atoms with Crippen LogP contribution in [0.25, 0.3) is 0 Å². The maximum atomic E-state index is 10.3. The van der Waals surface area contributed by atoms with Crippen LogP contribution in [0.1, 0.15) is 58.3 Å². The summed E-state index contributed by atoms with van der Waals surface area (Å²) in [7, 11) is 0. The number of hydrogen-bond donors (Lipinski definition) is 1. The van der Waals surface area contributed by atoms with E-state index in [9.17, 15) is 5.11 Å². The third-order valence-corrected chi connectivity index (χ3v) is 3.35. The molecule has 18 heavy (non-hydrogen) atoms. The van der Waals surface area contributed by atoms with Crippen LogP contribution in [0.15, 0.2) is 24.3 Å². The van der Waals surface area contributed by atoms with Gasteiger partial charge in [-0.25, -0.2) is 0 Å². The highest BCUT2D eigenvalue weighted by molar-refractivity contribution is 5.24. The van der Waals surface area contributed by atoms with Crippen molar-refractivity contribution >= 4 is 0 Å². The SMILES string of the molecule is CC(C)Cc1ccc(C(O)C(C)CC(C)C)cc1. The van der Waals surface area contributed by atoms with Crippen LogP contribution < -0.4 is 0 Å². The minimum Gasteiger partial charge on any atom is -0.388 e. The van der Waals surface area contributed by atoms with E-state index in [0.29, 0.717) is 17.8 Å². The molecular formula is C17H28O. The van der Waals surface area contributed by atoms with Crippen LogP contribution in [0.4, 0.5) is 0 Å². The summed E-state index contributed by atoms with van der Waals surface area (Å²) in [6.07, 6.45) is 1.84. The van der Waals surface area contributed by atoms with E-state index in [1.807, 2.05) is 0 Å². The quantitative estimate of drug-likeness (QED) is 0.780. The summed E-state index contributed by atoms with van der Waals surface area (Å²) >= 11 is 0. The van der Waals surface area contributed by atoms with Crippen LogP contribution in [0.2, 0.25) is 0 Å². The summed E-state index contributed by atoms with van der Waals surface area (Å²) in [5.74, 6) is 1.64. The molecule has 1 rings (SSSR count). The molecule has 0 aromatic heterocycles. The zero-order valence-electron chi connectivity index (χ0n) is 12.5. The van der Waals surface area contributed by atoms with Gasteiger partial charge in [0, 0.05) is 0 Å². The van der Waals surface area contributed by atoms with Crippen LogP contribution in [0.3, 0.4) is 0 Å². The van der Waals surface area contributed by atoms with E-state index >= 15 is 0 Å². The van der Waals surface area contributed by atoms with Crippen LogP contribution in [-0.2, 0) is 6.42 Å². The molecule has 0 saturated heterocycles. The number of aliphatic hydroxyl groups is 1. The molecule has 0 fully saturated rings. The van der Waals surface area contributed by atoms with Crippen molar-refractivity contribution in [1.29, 1.82) is 0 Å². The molecule has 0 heterocycles. The van der Waals surface area contributed by atoms with Gasteiger partial charge in [0.05, 0.1) is 6.10 Å². The van der Waals surface area contributed by atoms with E-state index in [1.54, 1.807) is 0 Å². The zero-order valence-corrected chi connectivity index (χ0v) is 12.5. The first-order chi connectivity index (χ1) is 8.40. The van der Waals surface area contributed by atoms with E-state index < -0.39 is 0 Å². The topological polar surface area (TPSA) is 20.2 Å². The van der Waals surface area contributed by atoms with Gasteiger partial charge in [0.25, 0.3) is 0 Å². The molecule has 1 nitrogen and oxygen atoms in total. The van der Waals surface area contributed by atoms with Gasteiger partial charge in [-0.3, -0.25) is 0 Å². The molecule has 0 saturated carbocycles. The molecule has 0 spiro atoms. The van der Waals surface area contributed by atoms with Crippen molar-refractivity contribution < 1.29 is 5.11 Å². The predicted molar refractivity (Wildman–Crippen MR) is 78.6 cm³/mol. The molecule has 0 aliphatic carbocycles. The van der Waals surface area contributed by atoms with Crippen molar-refractivity contribution in [2.75, 3.05) is 0 Å². The second-order valence-corrected chi connectivity index (χ2v) is 6.39. The van der Waals surface area contributed by atoms with Gasteiger partial charge in [-0.1, -0.05) is 58.9 Å². The lowest BCUT2D eigenvalue weighted by molar-refractivity contribution is 0.105. The molecule has 0 bridgehead atoms. The van der Waals surface area contributed by atoms with Gasteiger partial charge in [0.1, 0.15) is 0 Å². The molecule has 0 amide bonds. The molecule has 102 valence electrons. The lowest BCUT2D eigenvalue weighted by Gasteiger charge is -2.21. The van der Waals surface area contributed by atoms with E-state index in [1.165, 1.54) is 5.56 Å². The van der Waals surface area contributed by atoms with Gasteiger partial charge in [0.2, 0.25) is 0 Å². The Morgan fingerprint density at radius 3 is 1.89 bits per heavy atom. The number of rotatable bonds is 6. The molecule has 2 unspecified atom stereocenters. The summed E-state index contributed by atoms with van der Waals surface area (Å²) in [6.45, 7) is 11.0. The fourth-order valence-electron chi connectivity index (χ4n) is 2.52. The monoisotopic (exact) mass is 248 g/mol. The third kappa shape index (κ3) is 4.81. The minimum absolute atomic E-state index is 0.320. The Balaban J connectivity index is 2.66. The van der Waals surface area contributed by atoms with E-state index in [-0.39, 0.29) is 6.10 Å². The second-order valence-electron chi connectivity index (χ2n) is 6.39. The highest BCUT2D eigenvalue weighted by Gasteiger charge is 2.17. The molecular weight excluding hydrogens is 220 g/mol. The van der Waals surface area contributed by atoms with E-state index in [4.69, 9.17) is 0 Å². The average Bonchev–Trinajstić information content (AvgIpc) is 2.27. The van der Waals surface area contributed by atoms with E-state index in [2.05, 4.69) is 58.9 Å². The lowest BCUT2D eigenvalue weighted by Crippen LogP contribution is -2.11. The van der Waals surface area contributed by atoms with Gasteiger partial charge in [-0.15, -0.1) is 0 Å². The van der Waals surface area contributed by atoms with Crippen LogP contribution >= 0.6 is 0 Å². The Kier molecular flexibility index (Phi) is 5.87. The highest BCUT2D eigenvalue weighted by atomic mass is 16.3. The van der Waals surface area contributed by atoms with Crippen molar-refractivity contribution in [2.24, 2.45) is 17.8 Å². The van der Waals surface area contributed by atoms with Crippen LogP contribution in [0.5, 0.6) is 0 Å². The molecule has 1 heteroatoms. The Morgan fingerprint density at radius 1 is 0.889 bits per heavy atom. The number of hydrogen-bond acceptors (Lipinski definition) is 1. The predicted octanol–water partition coefficient (Wildman–Crippen LogP) is 4.60. The second kappa shape index (κ2) is 6.94. The highest BCUT2D eigenvalue weighted by Crippen LogP contribution is 2.27. The Bertz CT molecular complexity index is 337. The fraction of sp³-hybridized carbons (Fsp3) is 0.647. The van der Waals surface area contributed by atoms with Crippen LogP contribution in [0, 0.1) is 17.8 Å². The summed E-state index contributed by atoms with van der Waals surface area (Å²) in [6, 6.07) is 8.47. The Hall–Kier alpha value is -0.820. The largest absolute Gasteiger partial charge is 0.388 e. The number of aliphatic hydroxyl groups excluding tert-OH is 1. The molecule has 0 radical (unpaired) electrons. The Morgan fingerprint density at radius 2 is 1.44 bits per heavy atom. The van der Waals surface area contributed by atoms with Gasteiger partial charge in [0.15, 0.2) is 0 Å². The van der Waals surface area contributed by atoms with Crippen molar-refractivity contribution in [3.8, 4) is 0 Å². The van der Waals surface area contributed by atoms with Gasteiger partial charge < -0.3 is 5.11 Å². The molecule has 1 aromatic rings. The summed E-state index contributed by atoms with van der Waals surface area (Å²) < 4.78 is 0. The maximum Gasteiger partial charge on any atom is 0.0815 e. The van der Waals surface area contributed by atoms with Gasteiger partial charge in [-0.05, 0) is 41.7 Å². The lowest BCUT2D eigenvalue weighted by atomic mass is 9.89. The average molecular weight is 248 g/mol. The standard InChI is InChI=1S/C17H28O/c1-12(2)10-14(5)17(18)16-8-6-15(7-9-16)11-13(3)4/h6-9,12-14,17-18H,10-11H2,1-5H3. The molecule has 0 aliphatic rings. The maximum absolute atomic E-state index is 10.3. The van der Waals surface area contributed by atoms with Gasteiger partial charge >= 0.3 is 0 Å². The van der Waals surface area contributed by atoms with E-state index in [0.717, 1.165) is 18.4 Å². The van der Waals surface area contributed by atoms with Gasteiger partial charge in [-0.2, -0.15) is 0 Å². The molecule has 1 N–H and O–H groups in total. The molecule has 2 atom stereocenters. The van der Waals surface area contributed by atoms with Crippen molar-refractivity contribution in [3.63, 3.8) is 0 Å². The van der Waals surface area contributed by atoms with Crippen LogP contribution in [-0.4, -0.2) is 5.11 Å². The first-order valence-electron chi connectivity index (χ1n) is 7.17. The summed E-state index contributed by atoms with van der Waals surface area (Å²) in [5.41, 5.74) is 2.41. The first-order valence-corrected chi connectivity index (χ1v) is 7.17. The first kappa shape index (κ1) is 15.2. The van der Waals surface area contributed by atoms with Crippen molar-refractivity contribution in [3.05, 3.63) is 35.4 Å². The minimum atomic E-state index is -0.333. The van der Waals surface area contributed by atoms with Crippen molar-refractivity contribution in [2.45, 2.75) is 53.6 Å². The molecule has 0 aliphatic heterocycles. The van der Waals surface area contributed by atoms with Crippen molar-refractivity contribution in [1.82, 2.24) is 0 Å². The third-order valence-electron chi connectivity index (χ3n) is 3.35. The smallest absolute Gasteiger partial charge is 0.0815 e. The number of benzene rings is 1. The summed E-state index contributed by atoms with van der Waals surface area (Å²) in [5, 5.41) is 10.3. The Labute approximate surface area is 112 Å². The summed E-state index contributed by atoms with van der Waals surface area (Å²) in [4.78, 5) is 0. The normalized spacial score (nSPS) is 15.1. The zero-order chi connectivity index (χ0) is 13.7. The fourth-order valence-corrected chi connectivity index (χ4v) is 2.52.